The molecule has 0 atom stereocenters. The number of carbonyl (C=O) groups is 1. The van der Waals surface area contributed by atoms with E-state index in [9.17, 15) is 9.18 Å². The number of hydrogen-bond donors (Lipinski definition) is 1. The van der Waals surface area contributed by atoms with Crippen LogP contribution in [0.3, 0.4) is 0 Å². The summed E-state index contributed by atoms with van der Waals surface area (Å²) in [4.78, 5) is 11.1. The predicted octanol–water partition coefficient (Wildman–Crippen LogP) is 1.07. The van der Waals surface area contributed by atoms with Crippen LogP contribution in [0.4, 0.5) is 10.1 Å². The van der Waals surface area contributed by atoms with E-state index in [2.05, 4.69) is 4.74 Å². The number of nitrogen functional groups attached to an aromatic ring is 1. The maximum atomic E-state index is 12.8. The van der Waals surface area contributed by atoms with Crippen LogP contribution in [0.1, 0.15) is 15.9 Å². The number of carbonyl (C=O) groups excluding carboxylic acids is 1. The lowest BCUT2D eigenvalue weighted by Crippen LogP contribution is -2.08. The van der Waals surface area contributed by atoms with Gasteiger partial charge in [-0.3, -0.25) is 0 Å². The number of hydrogen-bond acceptors (Lipinski definition) is 4. The summed E-state index contributed by atoms with van der Waals surface area (Å²) in [6, 6.07) is 3.57. The van der Waals surface area contributed by atoms with Gasteiger partial charge in [-0.05, 0) is 12.1 Å². The number of halogens is 1. The largest absolute Gasteiger partial charge is 0.465 e. The summed E-state index contributed by atoms with van der Waals surface area (Å²) >= 11 is 0. The van der Waals surface area contributed by atoms with E-state index in [1.807, 2.05) is 0 Å². The number of anilines is 1. The molecule has 1 aromatic rings. The van der Waals surface area contributed by atoms with Crippen molar-refractivity contribution in [2.75, 3.05) is 12.8 Å². The molecule has 0 aromatic heterocycles. The Balaban J connectivity index is 3.42. The van der Waals surface area contributed by atoms with Crippen molar-refractivity contribution in [2.24, 2.45) is 0 Å². The smallest absolute Gasteiger partial charge is 0.341 e. The number of nitrogens with zero attached hydrogens (tertiary/aromatic N) is 1. The fraction of sp³-hybridized carbons (Fsp3) is 0.111. The molecule has 0 bridgehead atoms. The van der Waals surface area contributed by atoms with Crippen LogP contribution >= 0.6 is 0 Å². The Kier molecular flexibility index (Phi) is 2.67. The number of esters is 1. The van der Waals surface area contributed by atoms with Crippen LogP contribution in [0.2, 0.25) is 0 Å². The van der Waals surface area contributed by atoms with Crippen molar-refractivity contribution in [3.8, 4) is 6.07 Å². The Bertz CT molecular complexity index is 424. The monoisotopic (exact) mass is 194 g/mol. The lowest BCUT2D eigenvalue weighted by atomic mass is 10.1. The summed E-state index contributed by atoms with van der Waals surface area (Å²) in [5, 5.41) is 8.63. The minimum absolute atomic E-state index is 0.101. The van der Waals surface area contributed by atoms with E-state index in [0.717, 1.165) is 19.2 Å². The summed E-state index contributed by atoms with van der Waals surface area (Å²) in [5.74, 6) is -1.41. The number of nitrogens with two attached hydrogens (primary N) is 1. The van der Waals surface area contributed by atoms with E-state index < -0.39 is 11.8 Å². The number of nitriles is 1. The van der Waals surface area contributed by atoms with Crippen LogP contribution in [0.15, 0.2) is 12.1 Å². The lowest BCUT2D eigenvalue weighted by Gasteiger charge is -2.05. The van der Waals surface area contributed by atoms with Gasteiger partial charge in [0, 0.05) is 0 Å². The summed E-state index contributed by atoms with van der Waals surface area (Å²) < 4.78 is 17.2. The SMILES string of the molecule is COC(=O)c1c(N)cc(F)cc1C#N. The second kappa shape index (κ2) is 3.75. The molecule has 2 N–H and O–H groups in total. The molecule has 14 heavy (non-hydrogen) atoms. The Hall–Kier alpha value is -2.09. The highest BCUT2D eigenvalue weighted by Gasteiger charge is 2.16. The van der Waals surface area contributed by atoms with Crippen molar-refractivity contribution in [3.63, 3.8) is 0 Å². The average Bonchev–Trinajstić information content (AvgIpc) is 2.15. The molecule has 0 aliphatic heterocycles. The summed E-state index contributed by atoms with van der Waals surface area (Å²) in [7, 11) is 1.16. The van der Waals surface area contributed by atoms with Gasteiger partial charge in [0.2, 0.25) is 0 Å². The second-order valence-electron chi connectivity index (χ2n) is 2.52. The zero-order valence-corrected chi connectivity index (χ0v) is 7.37. The van der Waals surface area contributed by atoms with Crippen molar-refractivity contribution in [1.82, 2.24) is 0 Å². The molecule has 72 valence electrons. The van der Waals surface area contributed by atoms with Gasteiger partial charge in [-0.25, -0.2) is 9.18 Å². The number of rotatable bonds is 1. The van der Waals surface area contributed by atoms with Gasteiger partial charge in [0.1, 0.15) is 17.4 Å². The van der Waals surface area contributed by atoms with Crippen LogP contribution in [0.25, 0.3) is 0 Å². The van der Waals surface area contributed by atoms with E-state index in [1.54, 1.807) is 6.07 Å². The molecule has 4 nitrogen and oxygen atoms in total. The molecule has 1 rings (SSSR count). The van der Waals surface area contributed by atoms with Crippen LogP contribution < -0.4 is 5.73 Å². The Labute approximate surface area is 79.7 Å². The first-order valence-electron chi connectivity index (χ1n) is 3.67. The van der Waals surface area contributed by atoms with Gasteiger partial charge in [0.15, 0.2) is 0 Å². The lowest BCUT2D eigenvalue weighted by molar-refractivity contribution is 0.0601. The van der Waals surface area contributed by atoms with Gasteiger partial charge in [0.05, 0.1) is 18.4 Å². The molecule has 0 radical (unpaired) electrons. The van der Waals surface area contributed by atoms with Gasteiger partial charge < -0.3 is 10.5 Å². The topological polar surface area (TPSA) is 76.1 Å². The molecular weight excluding hydrogens is 187 g/mol. The molecule has 0 unspecified atom stereocenters. The summed E-state index contributed by atoms with van der Waals surface area (Å²) in [5.41, 5.74) is 5.05. The van der Waals surface area contributed by atoms with Crippen LogP contribution in [-0.2, 0) is 4.74 Å². The quantitative estimate of drug-likeness (QED) is 0.535. The summed E-state index contributed by atoms with van der Waals surface area (Å²) in [6.07, 6.45) is 0. The highest BCUT2D eigenvalue weighted by Crippen LogP contribution is 2.19. The van der Waals surface area contributed by atoms with Crippen molar-refractivity contribution >= 4 is 11.7 Å². The average molecular weight is 194 g/mol. The molecule has 0 saturated carbocycles. The zero-order valence-electron chi connectivity index (χ0n) is 7.37. The van der Waals surface area contributed by atoms with Gasteiger partial charge in [0.25, 0.3) is 0 Å². The van der Waals surface area contributed by atoms with Gasteiger partial charge in [-0.1, -0.05) is 0 Å². The number of methoxy groups -OCH3 is 1. The Morgan fingerprint density at radius 1 is 1.64 bits per heavy atom. The molecule has 0 spiro atoms. The number of ether oxygens (including phenoxy) is 1. The molecule has 0 amide bonds. The maximum Gasteiger partial charge on any atom is 0.341 e. The van der Waals surface area contributed by atoms with Crippen molar-refractivity contribution < 1.29 is 13.9 Å². The first-order valence-corrected chi connectivity index (χ1v) is 3.67. The Morgan fingerprint density at radius 2 is 2.29 bits per heavy atom. The second-order valence-corrected chi connectivity index (χ2v) is 2.52. The predicted molar refractivity (Wildman–Crippen MR) is 46.9 cm³/mol. The summed E-state index contributed by atoms with van der Waals surface area (Å²) in [6.45, 7) is 0. The standard InChI is InChI=1S/C9H7FN2O2/c1-14-9(13)8-5(4-11)2-6(10)3-7(8)12/h2-3H,12H2,1H3. The van der Waals surface area contributed by atoms with Gasteiger partial charge in [-0.15, -0.1) is 0 Å². The van der Waals surface area contributed by atoms with E-state index in [0.29, 0.717) is 0 Å². The first-order chi connectivity index (χ1) is 6.60. The molecule has 0 fully saturated rings. The van der Waals surface area contributed by atoms with Gasteiger partial charge in [-0.2, -0.15) is 5.26 Å². The highest BCUT2D eigenvalue weighted by atomic mass is 19.1. The molecule has 0 heterocycles. The molecule has 0 aliphatic carbocycles. The molecule has 5 heteroatoms. The molecule has 0 aliphatic rings. The number of benzene rings is 1. The van der Waals surface area contributed by atoms with Crippen molar-refractivity contribution in [3.05, 3.63) is 29.1 Å². The van der Waals surface area contributed by atoms with Crippen LogP contribution in [0.5, 0.6) is 0 Å². The van der Waals surface area contributed by atoms with Gasteiger partial charge >= 0.3 is 5.97 Å². The first kappa shape index (κ1) is 9.99. The third-order valence-electron chi connectivity index (χ3n) is 1.64. The van der Waals surface area contributed by atoms with Crippen LogP contribution in [-0.4, -0.2) is 13.1 Å². The third-order valence-corrected chi connectivity index (χ3v) is 1.64. The normalized spacial score (nSPS) is 9.21. The molecule has 1 aromatic carbocycles. The minimum atomic E-state index is -0.751. The fourth-order valence-corrected chi connectivity index (χ4v) is 1.05. The van der Waals surface area contributed by atoms with E-state index in [-0.39, 0.29) is 16.8 Å². The fourth-order valence-electron chi connectivity index (χ4n) is 1.05. The molecule has 0 saturated heterocycles. The van der Waals surface area contributed by atoms with Crippen LogP contribution in [0, 0.1) is 17.1 Å². The van der Waals surface area contributed by atoms with Crippen molar-refractivity contribution in [2.45, 2.75) is 0 Å². The van der Waals surface area contributed by atoms with E-state index >= 15 is 0 Å². The maximum absolute atomic E-state index is 12.8. The zero-order chi connectivity index (χ0) is 10.7. The van der Waals surface area contributed by atoms with E-state index in [4.69, 9.17) is 11.0 Å². The van der Waals surface area contributed by atoms with Crippen molar-refractivity contribution in [1.29, 1.82) is 5.26 Å². The minimum Gasteiger partial charge on any atom is -0.465 e. The molecular formula is C9H7FN2O2. The third kappa shape index (κ3) is 1.64. The van der Waals surface area contributed by atoms with E-state index in [1.165, 1.54) is 0 Å². The highest BCUT2D eigenvalue weighted by molar-refractivity contribution is 5.97. The Morgan fingerprint density at radius 3 is 2.79 bits per heavy atom.